The summed E-state index contributed by atoms with van der Waals surface area (Å²) in [6, 6.07) is 5.78. The van der Waals surface area contributed by atoms with Crippen LogP contribution in [0.15, 0.2) is 24.4 Å². The van der Waals surface area contributed by atoms with Crippen LogP contribution in [0.1, 0.15) is 18.9 Å². The molecule has 1 aromatic carbocycles. The number of hydrogen-bond acceptors (Lipinski definition) is 3. The van der Waals surface area contributed by atoms with E-state index < -0.39 is 0 Å². The predicted molar refractivity (Wildman–Crippen MR) is 75.6 cm³/mol. The average Bonchev–Trinajstić information content (AvgIpc) is 2.74. The second-order valence-electron chi connectivity index (χ2n) is 4.40. The molecule has 0 saturated carbocycles. The van der Waals surface area contributed by atoms with E-state index in [9.17, 15) is 4.79 Å². The number of methoxy groups -OCH3 is 1. The molecule has 0 unspecified atom stereocenters. The van der Waals surface area contributed by atoms with E-state index in [2.05, 4.69) is 5.32 Å². The van der Waals surface area contributed by atoms with Gasteiger partial charge in [0, 0.05) is 24.5 Å². The van der Waals surface area contributed by atoms with Gasteiger partial charge in [0.25, 0.3) is 0 Å². The van der Waals surface area contributed by atoms with Crippen LogP contribution in [0.25, 0.3) is 10.9 Å². The minimum atomic E-state index is 0.0640. The molecule has 0 aliphatic rings. The molecule has 0 fully saturated rings. The lowest BCUT2D eigenvalue weighted by Crippen LogP contribution is -2.24. The molecule has 1 amide bonds. The number of hydrogen-bond donors (Lipinski definition) is 2. The maximum absolute atomic E-state index is 11.2. The Kier molecular flexibility index (Phi) is 3.94. The molecule has 0 aliphatic carbocycles. The molecule has 102 valence electrons. The quantitative estimate of drug-likeness (QED) is 0.800. The number of nitrogens with zero attached hydrogens (tertiary/aromatic N) is 1. The summed E-state index contributed by atoms with van der Waals surface area (Å²) < 4.78 is 6.83. The Balaban J connectivity index is 2.20. The summed E-state index contributed by atoms with van der Waals surface area (Å²) in [5.41, 5.74) is 2.06. The van der Waals surface area contributed by atoms with E-state index in [0.717, 1.165) is 28.6 Å². The average molecular weight is 261 g/mol. The molecular weight excluding hydrogens is 242 g/mol. The lowest BCUT2D eigenvalue weighted by atomic mass is 10.1. The minimum Gasteiger partial charge on any atom is -0.497 e. The van der Waals surface area contributed by atoms with Crippen LogP contribution in [0.3, 0.4) is 0 Å². The first-order valence-electron chi connectivity index (χ1n) is 6.35. The van der Waals surface area contributed by atoms with E-state index in [-0.39, 0.29) is 5.91 Å². The molecule has 5 nitrogen and oxygen atoms in total. The standard InChI is InChI=1S/C14H19N3O2/c1-3-14(18)16-7-6-10-9-17(15)13-5-4-11(19-2)8-12(10)13/h4-5,8-9H,3,6-7,15H2,1-2H3,(H,16,18). The van der Waals surface area contributed by atoms with Gasteiger partial charge in [-0.2, -0.15) is 0 Å². The van der Waals surface area contributed by atoms with Gasteiger partial charge in [-0.1, -0.05) is 6.92 Å². The van der Waals surface area contributed by atoms with Crippen LogP contribution in [0.2, 0.25) is 0 Å². The summed E-state index contributed by atoms with van der Waals surface area (Å²) in [4.78, 5) is 11.2. The summed E-state index contributed by atoms with van der Waals surface area (Å²) in [6.07, 6.45) is 3.15. The van der Waals surface area contributed by atoms with Crippen molar-refractivity contribution in [3.05, 3.63) is 30.0 Å². The Morgan fingerprint density at radius 1 is 1.47 bits per heavy atom. The Hall–Kier alpha value is -2.17. The summed E-state index contributed by atoms with van der Waals surface area (Å²) in [5, 5.41) is 3.93. The van der Waals surface area contributed by atoms with Gasteiger partial charge < -0.3 is 15.9 Å². The number of fused-ring (bicyclic) bond motifs is 1. The molecule has 1 heterocycles. The molecule has 0 aliphatic heterocycles. The molecule has 0 spiro atoms. The van der Waals surface area contributed by atoms with Gasteiger partial charge in [-0.3, -0.25) is 9.47 Å². The zero-order valence-electron chi connectivity index (χ0n) is 11.3. The van der Waals surface area contributed by atoms with Crippen LogP contribution in [0, 0.1) is 0 Å². The van der Waals surface area contributed by atoms with Gasteiger partial charge in [-0.25, -0.2) is 0 Å². The van der Waals surface area contributed by atoms with Crippen LogP contribution in [0.4, 0.5) is 0 Å². The third kappa shape index (κ3) is 2.81. The smallest absolute Gasteiger partial charge is 0.219 e. The zero-order valence-corrected chi connectivity index (χ0v) is 11.3. The molecule has 5 heteroatoms. The van der Waals surface area contributed by atoms with E-state index in [1.807, 2.05) is 31.3 Å². The van der Waals surface area contributed by atoms with Crippen molar-refractivity contribution in [1.82, 2.24) is 9.99 Å². The number of carbonyl (C=O) groups excluding carboxylic acids is 1. The van der Waals surface area contributed by atoms with Crippen molar-refractivity contribution < 1.29 is 9.53 Å². The molecule has 2 aromatic rings. The Morgan fingerprint density at radius 3 is 2.95 bits per heavy atom. The van der Waals surface area contributed by atoms with Crippen molar-refractivity contribution in [1.29, 1.82) is 0 Å². The number of carbonyl (C=O) groups is 1. The maximum Gasteiger partial charge on any atom is 0.219 e. The Labute approximate surface area is 112 Å². The normalized spacial score (nSPS) is 10.6. The Bertz CT molecular complexity index is 590. The largest absolute Gasteiger partial charge is 0.497 e. The molecule has 2 rings (SSSR count). The zero-order chi connectivity index (χ0) is 13.8. The topological polar surface area (TPSA) is 69.3 Å². The van der Waals surface area contributed by atoms with Crippen molar-refractivity contribution in [2.24, 2.45) is 0 Å². The monoisotopic (exact) mass is 261 g/mol. The lowest BCUT2D eigenvalue weighted by molar-refractivity contribution is -0.120. The molecule has 3 N–H and O–H groups in total. The second kappa shape index (κ2) is 5.65. The summed E-state index contributed by atoms with van der Waals surface area (Å²) in [7, 11) is 1.64. The molecule has 0 atom stereocenters. The van der Waals surface area contributed by atoms with Gasteiger partial charge in [0.2, 0.25) is 5.91 Å². The van der Waals surface area contributed by atoms with Gasteiger partial charge in [0.05, 0.1) is 12.6 Å². The van der Waals surface area contributed by atoms with Crippen molar-refractivity contribution in [3.8, 4) is 5.75 Å². The van der Waals surface area contributed by atoms with Gasteiger partial charge in [0.1, 0.15) is 5.75 Å². The molecule has 0 bridgehead atoms. The van der Waals surface area contributed by atoms with Crippen molar-refractivity contribution >= 4 is 16.8 Å². The first-order valence-corrected chi connectivity index (χ1v) is 6.35. The van der Waals surface area contributed by atoms with Crippen LogP contribution in [0.5, 0.6) is 5.75 Å². The molecule has 1 aromatic heterocycles. The summed E-state index contributed by atoms with van der Waals surface area (Å²) >= 11 is 0. The van der Waals surface area contributed by atoms with E-state index in [1.54, 1.807) is 11.8 Å². The van der Waals surface area contributed by atoms with Crippen molar-refractivity contribution in [3.63, 3.8) is 0 Å². The maximum atomic E-state index is 11.2. The van der Waals surface area contributed by atoms with Gasteiger partial charge in [-0.15, -0.1) is 0 Å². The molecular formula is C14H19N3O2. The first-order chi connectivity index (χ1) is 9.15. The highest BCUT2D eigenvalue weighted by molar-refractivity contribution is 5.85. The highest BCUT2D eigenvalue weighted by Gasteiger charge is 2.08. The second-order valence-corrected chi connectivity index (χ2v) is 4.40. The number of ether oxygens (including phenoxy) is 1. The van der Waals surface area contributed by atoms with Crippen LogP contribution >= 0.6 is 0 Å². The van der Waals surface area contributed by atoms with Crippen LogP contribution in [-0.2, 0) is 11.2 Å². The lowest BCUT2D eigenvalue weighted by Gasteiger charge is -2.03. The van der Waals surface area contributed by atoms with E-state index in [1.165, 1.54) is 0 Å². The number of nitrogens with one attached hydrogen (secondary N) is 1. The predicted octanol–water partition coefficient (Wildman–Crippen LogP) is 1.43. The first kappa shape index (κ1) is 13.3. The Morgan fingerprint density at radius 2 is 2.26 bits per heavy atom. The van der Waals surface area contributed by atoms with Crippen LogP contribution < -0.4 is 15.9 Å². The van der Waals surface area contributed by atoms with Gasteiger partial charge in [-0.05, 0) is 30.2 Å². The number of amides is 1. The number of aromatic nitrogens is 1. The fourth-order valence-corrected chi connectivity index (χ4v) is 2.09. The fraction of sp³-hybridized carbons (Fsp3) is 0.357. The third-order valence-corrected chi connectivity index (χ3v) is 3.16. The van der Waals surface area contributed by atoms with E-state index in [4.69, 9.17) is 10.6 Å². The van der Waals surface area contributed by atoms with Gasteiger partial charge in [0.15, 0.2) is 0 Å². The van der Waals surface area contributed by atoms with Crippen LogP contribution in [-0.4, -0.2) is 24.2 Å². The number of rotatable bonds is 5. The van der Waals surface area contributed by atoms with Crippen molar-refractivity contribution in [2.75, 3.05) is 19.5 Å². The molecule has 0 radical (unpaired) electrons. The molecule has 0 saturated heterocycles. The third-order valence-electron chi connectivity index (χ3n) is 3.16. The SMILES string of the molecule is CCC(=O)NCCc1cn(N)c2ccc(OC)cc12. The summed E-state index contributed by atoms with van der Waals surface area (Å²) in [6.45, 7) is 2.45. The number of nitrogens with two attached hydrogens (primary N) is 1. The fourth-order valence-electron chi connectivity index (χ4n) is 2.09. The minimum absolute atomic E-state index is 0.0640. The number of nitrogen functional groups attached to an aromatic ring is 1. The number of benzene rings is 1. The highest BCUT2D eigenvalue weighted by atomic mass is 16.5. The highest BCUT2D eigenvalue weighted by Crippen LogP contribution is 2.24. The van der Waals surface area contributed by atoms with Gasteiger partial charge >= 0.3 is 0 Å². The summed E-state index contributed by atoms with van der Waals surface area (Å²) in [5.74, 6) is 6.78. The van der Waals surface area contributed by atoms with Crippen molar-refractivity contribution in [2.45, 2.75) is 19.8 Å². The van der Waals surface area contributed by atoms with E-state index in [0.29, 0.717) is 13.0 Å². The van der Waals surface area contributed by atoms with E-state index >= 15 is 0 Å². The molecule has 19 heavy (non-hydrogen) atoms.